The molecule has 1 saturated heterocycles. The Kier molecular flexibility index (Phi) is 7.30. The third-order valence-corrected chi connectivity index (χ3v) is 9.47. The number of pyridine rings is 1. The molecule has 1 saturated carbocycles. The molecule has 11 heteroatoms. The molecule has 2 aromatic heterocycles. The minimum Gasteiger partial charge on any atom is -0.381 e. The van der Waals surface area contributed by atoms with Crippen LogP contribution in [0.1, 0.15) is 56.7 Å². The molecule has 1 aliphatic carbocycles. The third kappa shape index (κ3) is 5.36. The molecule has 0 aromatic carbocycles. The van der Waals surface area contributed by atoms with Crippen molar-refractivity contribution < 1.29 is 22.3 Å². The number of amides is 1. The van der Waals surface area contributed by atoms with Crippen LogP contribution in [0.3, 0.4) is 0 Å². The topological polar surface area (TPSA) is 107 Å². The Bertz CT molecular complexity index is 1160. The summed E-state index contributed by atoms with van der Waals surface area (Å²) in [5, 5.41) is 1.73. The van der Waals surface area contributed by atoms with Crippen LogP contribution in [0.15, 0.2) is 28.0 Å². The van der Waals surface area contributed by atoms with Crippen molar-refractivity contribution >= 4 is 32.2 Å². The van der Waals surface area contributed by atoms with E-state index >= 15 is 0 Å². The molecule has 8 nitrogen and oxygen atoms in total. The molecule has 0 radical (unpaired) electrons. The lowest BCUT2D eigenvalue weighted by atomic mass is 9.91. The van der Waals surface area contributed by atoms with Gasteiger partial charge in [-0.1, -0.05) is 24.2 Å². The van der Waals surface area contributed by atoms with Crippen LogP contribution in [0.4, 0.5) is 9.52 Å². The number of nitrogens with one attached hydrogen (secondary N) is 1. The molecule has 33 heavy (non-hydrogen) atoms. The lowest BCUT2D eigenvalue weighted by molar-refractivity contribution is -0.120. The molecule has 180 valence electrons. The van der Waals surface area contributed by atoms with Crippen LogP contribution < -0.4 is 10.9 Å². The average molecular weight is 498 g/mol. The number of carbonyl (C=O) groups excluding carboxylic acids is 1. The van der Waals surface area contributed by atoms with Crippen molar-refractivity contribution in [1.29, 1.82) is 0 Å². The monoisotopic (exact) mass is 497 g/mol. The van der Waals surface area contributed by atoms with Gasteiger partial charge in [-0.25, -0.2) is 13.4 Å². The summed E-state index contributed by atoms with van der Waals surface area (Å²) in [5.74, 6) is -0.317. The molecular formula is C22H28FN3O5S2. The van der Waals surface area contributed by atoms with Gasteiger partial charge < -0.3 is 14.6 Å². The largest absolute Gasteiger partial charge is 0.381 e. The normalized spacial score (nSPS) is 19.0. The fraction of sp³-hybridized carbons (Fsp3) is 0.591. The number of thiazole rings is 1. The van der Waals surface area contributed by atoms with Crippen molar-refractivity contribution in [3.63, 3.8) is 0 Å². The van der Waals surface area contributed by atoms with Gasteiger partial charge in [0.2, 0.25) is 5.91 Å². The Morgan fingerprint density at radius 1 is 1.27 bits per heavy atom. The first-order valence-corrected chi connectivity index (χ1v) is 13.6. The lowest BCUT2D eigenvalue weighted by Gasteiger charge is -2.28. The van der Waals surface area contributed by atoms with E-state index in [-0.39, 0.29) is 15.9 Å². The van der Waals surface area contributed by atoms with Crippen LogP contribution in [-0.4, -0.2) is 42.3 Å². The van der Waals surface area contributed by atoms with E-state index in [1.165, 1.54) is 10.6 Å². The fourth-order valence-electron chi connectivity index (χ4n) is 4.77. The number of aromatic nitrogens is 2. The molecule has 4 rings (SSSR count). The highest BCUT2D eigenvalue weighted by molar-refractivity contribution is 7.92. The molecule has 1 N–H and O–H groups in total. The molecule has 1 amide bonds. The van der Waals surface area contributed by atoms with E-state index in [2.05, 4.69) is 10.3 Å². The summed E-state index contributed by atoms with van der Waals surface area (Å²) in [6, 6.07) is 1.74. The van der Waals surface area contributed by atoms with Crippen LogP contribution in [-0.2, 0) is 19.4 Å². The summed E-state index contributed by atoms with van der Waals surface area (Å²) in [7, 11) is -3.60. The van der Waals surface area contributed by atoms with Crippen LogP contribution in [0.25, 0.3) is 0 Å². The summed E-state index contributed by atoms with van der Waals surface area (Å²) >= 11 is 0.707. The molecule has 2 fully saturated rings. The number of carbonyl (C=O) groups is 1. The molecule has 2 aliphatic rings. The van der Waals surface area contributed by atoms with Crippen molar-refractivity contribution in [2.24, 2.45) is 5.92 Å². The highest BCUT2D eigenvalue weighted by Crippen LogP contribution is 2.31. The van der Waals surface area contributed by atoms with Gasteiger partial charge in [0.1, 0.15) is 6.04 Å². The maximum Gasteiger partial charge on any atom is 0.252 e. The number of ether oxygens (including phenoxy) is 1. The number of anilines is 1. The van der Waals surface area contributed by atoms with Crippen molar-refractivity contribution in [2.45, 2.75) is 68.1 Å². The number of rotatable bonds is 7. The first-order valence-electron chi connectivity index (χ1n) is 11.2. The molecule has 1 unspecified atom stereocenters. The summed E-state index contributed by atoms with van der Waals surface area (Å²) in [5.41, 5.74) is -0.138. The fourth-order valence-corrected chi connectivity index (χ4v) is 7.25. The smallest absolute Gasteiger partial charge is 0.252 e. The lowest BCUT2D eigenvalue weighted by Crippen LogP contribution is -2.37. The molecule has 0 spiro atoms. The van der Waals surface area contributed by atoms with Crippen LogP contribution in [0.5, 0.6) is 0 Å². The first kappa shape index (κ1) is 24.0. The number of sulfone groups is 1. The van der Waals surface area contributed by atoms with Crippen molar-refractivity contribution in [2.75, 3.05) is 18.5 Å². The zero-order chi connectivity index (χ0) is 23.6. The van der Waals surface area contributed by atoms with Gasteiger partial charge in [0, 0.05) is 25.0 Å². The van der Waals surface area contributed by atoms with Gasteiger partial charge in [0.25, 0.3) is 5.56 Å². The molecule has 3 heterocycles. The second-order valence-corrected chi connectivity index (χ2v) is 12.0. The SMILES string of the molecule is Cc1cc(S(=O)(=O)C2CCCC2)cc(=O)n1C(CC1CCOCC1)C(=O)Nc1ncc(F)s1. The number of aryl methyl sites for hydroxylation is 1. The van der Waals surface area contributed by atoms with Crippen LogP contribution >= 0.6 is 11.3 Å². The minimum atomic E-state index is -3.60. The summed E-state index contributed by atoms with van der Waals surface area (Å²) < 4.78 is 46.2. The first-order chi connectivity index (χ1) is 15.8. The van der Waals surface area contributed by atoms with Crippen LogP contribution in [0.2, 0.25) is 0 Å². The van der Waals surface area contributed by atoms with E-state index in [1.54, 1.807) is 6.92 Å². The van der Waals surface area contributed by atoms with Crippen molar-refractivity contribution in [3.8, 4) is 0 Å². The van der Waals surface area contributed by atoms with E-state index < -0.39 is 37.7 Å². The summed E-state index contributed by atoms with van der Waals surface area (Å²) in [6.07, 6.45) is 5.87. The molecule has 1 atom stereocenters. The Labute approximate surface area is 196 Å². The van der Waals surface area contributed by atoms with Crippen molar-refractivity contribution in [3.05, 3.63) is 39.5 Å². The standard InChI is InChI=1S/C22H28FN3O5S2/c1-14-10-17(33(29,30)16-4-2-3-5-16)12-20(27)26(14)18(11-15-6-8-31-9-7-15)21(28)25-22-24-13-19(23)32-22/h10,12-13,15-16,18H,2-9,11H2,1H3,(H,24,25,28). The van der Waals surface area contributed by atoms with E-state index in [0.717, 1.165) is 37.9 Å². The second kappa shape index (κ2) is 10.0. The van der Waals surface area contributed by atoms with E-state index in [0.29, 0.717) is 49.5 Å². The number of hydrogen-bond donors (Lipinski definition) is 1. The van der Waals surface area contributed by atoms with E-state index in [4.69, 9.17) is 4.74 Å². The molecular weight excluding hydrogens is 469 g/mol. The number of nitrogens with zero attached hydrogens (tertiary/aromatic N) is 2. The Hall–Kier alpha value is -2.11. The quantitative estimate of drug-likeness (QED) is 0.628. The molecule has 2 aromatic rings. The zero-order valence-corrected chi connectivity index (χ0v) is 20.1. The van der Waals surface area contributed by atoms with Gasteiger partial charge in [0.15, 0.2) is 20.1 Å². The Balaban J connectivity index is 1.67. The minimum absolute atomic E-state index is 0.0142. The summed E-state index contributed by atoms with van der Waals surface area (Å²) in [4.78, 5) is 30.3. The van der Waals surface area contributed by atoms with Gasteiger partial charge in [-0.2, -0.15) is 4.39 Å². The van der Waals surface area contributed by atoms with Gasteiger partial charge in [-0.05, 0) is 51.0 Å². The van der Waals surface area contributed by atoms with Gasteiger partial charge >= 0.3 is 0 Å². The Morgan fingerprint density at radius 2 is 1.97 bits per heavy atom. The second-order valence-electron chi connectivity index (χ2n) is 8.76. The predicted molar refractivity (Wildman–Crippen MR) is 123 cm³/mol. The highest BCUT2D eigenvalue weighted by Gasteiger charge is 2.33. The maximum absolute atomic E-state index is 13.4. The molecule has 1 aliphatic heterocycles. The van der Waals surface area contributed by atoms with E-state index in [9.17, 15) is 22.4 Å². The van der Waals surface area contributed by atoms with E-state index in [1.807, 2.05) is 0 Å². The third-order valence-electron chi connectivity index (χ3n) is 6.52. The van der Waals surface area contributed by atoms with Crippen LogP contribution in [0, 0.1) is 18.0 Å². The summed E-state index contributed by atoms with van der Waals surface area (Å²) in [6.45, 7) is 2.81. The highest BCUT2D eigenvalue weighted by atomic mass is 32.2. The van der Waals surface area contributed by atoms with Crippen molar-refractivity contribution in [1.82, 2.24) is 9.55 Å². The average Bonchev–Trinajstić information content (AvgIpc) is 3.45. The number of hydrogen-bond acceptors (Lipinski definition) is 7. The number of halogens is 1. The van der Waals surface area contributed by atoms with Gasteiger partial charge in [0.05, 0.1) is 16.3 Å². The predicted octanol–water partition coefficient (Wildman–Crippen LogP) is 3.47. The maximum atomic E-state index is 13.4. The van der Waals surface area contributed by atoms with Gasteiger partial charge in [-0.3, -0.25) is 9.59 Å². The van der Waals surface area contributed by atoms with Gasteiger partial charge in [-0.15, -0.1) is 0 Å². The molecule has 0 bridgehead atoms. The zero-order valence-electron chi connectivity index (χ0n) is 18.5. The Morgan fingerprint density at radius 3 is 2.58 bits per heavy atom.